The van der Waals surface area contributed by atoms with Crippen molar-refractivity contribution in [2.24, 2.45) is 7.05 Å². The molecule has 1 heterocycles. The lowest BCUT2D eigenvalue weighted by atomic mass is 10.4. The monoisotopic (exact) mass is 225 g/mol. The Morgan fingerprint density at radius 2 is 2.38 bits per heavy atom. The lowest BCUT2D eigenvalue weighted by Crippen LogP contribution is -2.31. The SMILES string of the molecule is Cn1nccc1NC(=O)NCCCNC=O. The smallest absolute Gasteiger partial charge is 0.320 e. The summed E-state index contributed by atoms with van der Waals surface area (Å²) in [4.78, 5) is 21.3. The summed E-state index contributed by atoms with van der Waals surface area (Å²) >= 11 is 0. The number of rotatable bonds is 6. The van der Waals surface area contributed by atoms with E-state index in [9.17, 15) is 9.59 Å². The number of hydrogen-bond acceptors (Lipinski definition) is 3. The van der Waals surface area contributed by atoms with Gasteiger partial charge in [0.15, 0.2) is 0 Å². The minimum Gasteiger partial charge on any atom is -0.359 e. The van der Waals surface area contributed by atoms with Crippen molar-refractivity contribution in [3.05, 3.63) is 12.3 Å². The molecule has 0 spiro atoms. The molecule has 0 aromatic carbocycles. The second kappa shape index (κ2) is 6.44. The van der Waals surface area contributed by atoms with E-state index in [1.54, 1.807) is 24.0 Å². The van der Waals surface area contributed by atoms with Crippen LogP contribution in [0.3, 0.4) is 0 Å². The minimum atomic E-state index is -0.283. The van der Waals surface area contributed by atoms with Gasteiger partial charge in [0.2, 0.25) is 6.41 Å². The highest BCUT2D eigenvalue weighted by Crippen LogP contribution is 2.01. The zero-order valence-electron chi connectivity index (χ0n) is 9.06. The number of hydrogen-bond donors (Lipinski definition) is 3. The van der Waals surface area contributed by atoms with Gasteiger partial charge < -0.3 is 10.6 Å². The highest BCUT2D eigenvalue weighted by Gasteiger charge is 2.03. The molecule has 7 heteroatoms. The number of aromatic nitrogens is 2. The van der Waals surface area contributed by atoms with Crippen molar-refractivity contribution in [1.29, 1.82) is 0 Å². The Balaban J connectivity index is 2.16. The number of carbonyl (C=O) groups is 2. The number of aryl methyl sites for hydroxylation is 1. The Morgan fingerprint density at radius 3 is 3.00 bits per heavy atom. The van der Waals surface area contributed by atoms with E-state index in [1.165, 1.54) is 0 Å². The minimum absolute atomic E-state index is 0.283. The molecule has 0 aliphatic rings. The van der Waals surface area contributed by atoms with Gasteiger partial charge in [-0.25, -0.2) is 4.79 Å². The van der Waals surface area contributed by atoms with Crippen molar-refractivity contribution >= 4 is 18.3 Å². The van der Waals surface area contributed by atoms with Crippen molar-refractivity contribution in [2.75, 3.05) is 18.4 Å². The van der Waals surface area contributed by atoms with Crippen LogP contribution >= 0.6 is 0 Å². The van der Waals surface area contributed by atoms with Gasteiger partial charge in [0.05, 0.1) is 6.20 Å². The molecule has 0 unspecified atom stereocenters. The number of amides is 3. The fourth-order valence-corrected chi connectivity index (χ4v) is 1.11. The van der Waals surface area contributed by atoms with Crippen LogP contribution in [0, 0.1) is 0 Å². The van der Waals surface area contributed by atoms with E-state index < -0.39 is 0 Å². The molecule has 0 bridgehead atoms. The fraction of sp³-hybridized carbons (Fsp3) is 0.444. The van der Waals surface area contributed by atoms with E-state index in [0.717, 1.165) is 0 Å². The molecule has 3 amide bonds. The molecule has 0 atom stereocenters. The van der Waals surface area contributed by atoms with Gasteiger partial charge in [-0.15, -0.1) is 0 Å². The average Bonchev–Trinajstić information content (AvgIpc) is 2.64. The Morgan fingerprint density at radius 1 is 1.56 bits per heavy atom. The quantitative estimate of drug-likeness (QED) is 0.458. The van der Waals surface area contributed by atoms with E-state index in [4.69, 9.17) is 0 Å². The van der Waals surface area contributed by atoms with Crippen LogP contribution in [0.15, 0.2) is 12.3 Å². The molecular formula is C9H15N5O2. The van der Waals surface area contributed by atoms with Crippen LogP contribution in [-0.4, -0.2) is 35.3 Å². The number of nitrogens with one attached hydrogen (secondary N) is 3. The normalized spacial score (nSPS) is 9.56. The van der Waals surface area contributed by atoms with Crippen LogP contribution in [0.4, 0.5) is 10.6 Å². The van der Waals surface area contributed by atoms with Crippen molar-refractivity contribution in [3.63, 3.8) is 0 Å². The van der Waals surface area contributed by atoms with Crippen LogP contribution in [0.25, 0.3) is 0 Å². The van der Waals surface area contributed by atoms with Crippen molar-refractivity contribution in [3.8, 4) is 0 Å². The van der Waals surface area contributed by atoms with Crippen LogP contribution < -0.4 is 16.0 Å². The predicted octanol–water partition coefficient (Wildman–Crippen LogP) is -0.322. The van der Waals surface area contributed by atoms with Crippen LogP contribution in [-0.2, 0) is 11.8 Å². The molecule has 0 saturated heterocycles. The van der Waals surface area contributed by atoms with Gasteiger partial charge in [-0.1, -0.05) is 0 Å². The first kappa shape index (κ1) is 12.0. The molecule has 1 rings (SSSR count). The number of nitrogens with zero attached hydrogens (tertiary/aromatic N) is 2. The maximum absolute atomic E-state index is 11.3. The molecule has 0 saturated carbocycles. The lowest BCUT2D eigenvalue weighted by Gasteiger charge is -2.07. The standard InChI is InChI=1S/C9H15N5O2/c1-14-8(3-6-12-14)13-9(16)11-5-2-4-10-7-15/h3,6-7H,2,4-5H2,1H3,(H,10,15)(H2,11,13,16). The fourth-order valence-electron chi connectivity index (χ4n) is 1.11. The predicted molar refractivity (Wildman–Crippen MR) is 58.9 cm³/mol. The van der Waals surface area contributed by atoms with E-state index in [0.29, 0.717) is 31.7 Å². The molecule has 1 aromatic heterocycles. The zero-order valence-corrected chi connectivity index (χ0v) is 9.06. The Hall–Kier alpha value is -2.05. The maximum atomic E-state index is 11.3. The summed E-state index contributed by atoms with van der Waals surface area (Å²) in [6.45, 7) is 1.06. The number of carbonyl (C=O) groups excluding carboxylic acids is 2. The van der Waals surface area contributed by atoms with Gasteiger partial charge in [0, 0.05) is 26.2 Å². The number of urea groups is 1. The van der Waals surface area contributed by atoms with Gasteiger partial charge in [-0.05, 0) is 6.42 Å². The molecule has 88 valence electrons. The van der Waals surface area contributed by atoms with Gasteiger partial charge in [0.25, 0.3) is 0 Å². The van der Waals surface area contributed by atoms with Crippen molar-refractivity contribution in [1.82, 2.24) is 20.4 Å². The van der Waals surface area contributed by atoms with Crippen LogP contribution in [0.2, 0.25) is 0 Å². The molecular weight excluding hydrogens is 210 g/mol. The summed E-state index contributed by atoms with van der Waals surface area (Å²) in [6.07, 6.45) is 2.93. The van der Waals surface area contributed by atoms with E-state index in [2.05, 4.69) is 21.0 Å². The van der Waals surface area contributed by atoms with E-state index >= 15 is 0 Å². The Labute approximate surface area is 93.2 Å². The molecule has 0 aliphatic heterocycles. The van der Waals surface area contributed by atoms with Gasteiger partial charge >= 0.3 is 6.03 Å². The Kier molecular flexibility index (Phi) is 4.84. The molecule has 0 fully saturated rings. The summed E-state index contributed by atoms with van der Waals surface area (Å²) in [7, 11) is 1.74. The first-order chi connectivity index (χ1) is 7.74. The van der Waals surface area contributed by atoms with E-state index in [-0.39, 0.29) is 6.03 Å². The van der Waals surface area contributed by atoms with Gasteiger partial charge in [0.1, 0.15) is 5.82 Å². The van der Waals surface area contributed by atoms with E-state index in [1.807, 2.05) is 0 Å². The highest BCUT2D eigenvalue weighted by molar-refractivity contribution is 5.88. The topological polar surface area (TPSA) is 88.1 Å². The first-order valence-electron chi connectivity index (χ1n) is 4.94. The molecule has 7 nitrogen and oxygen atoms in total. The summed E-state index contributed by atoms with van der Waals surface area (Å²) in [5, 5.41) is 11.7. The van der Waals surface area contributed by atoms with Crippen LogP contribution in [0.1, 0.15) is 6.42 Å². The third-order valence-electron chi connectivity index (χ3n) is 1.93. The first-order valence-corrected chi connectivity index (χ1v) is 4.94. The molecule has 0 radical (unpaired) electrons. The summed E-state index contributed by atoms with van der Waals surface area (Å²) in [5.74, 6) is 0.628. The van der Waals surface area contributed by atoms with Gasteiger partial charge in [-0.3, -0.25) is 14.8 Å². The second-order valence-electron chi connectivity index (χ2n) is 3.15. The van der Waals surface area contributed by atoms with Crippen molar-refractivity contribution < 1.29 is 9.59 Å². The zero-order chi connectivity index (χ0) is 11.8. The van der Waals surface area contributed by atoms with Crippen molar-refractivity contribution in [2.45, 2.75) is 6.42 Å². The van der Waals surface area contributed by atoms with Gasteiger partial charge in [-0.2, -0.15) is 5.10 Å². The molecule has 0 aliphatic carbocycles. The second-order valence-corrected chi connectivity index (χ2v) is 3.15. The Bertz CT molecular complexity index is 349. The maximum Gasteiger partial charge on any atom is 0.320 e. The summed E-state index contributed by atoms with van der Waals surface area (Å²) in [6, 6.07) is 1.42. The highest BCUT2D eigenvalue weighted by atomic mass is 16.2. The largest absolute Gasteiger partial charge is 0.359 e. The summed E-state index contributed by atoms with van der Waals surface area (Å²) < 4.78 is 1.56. The third kappa shape index (κ3) is 3.99. The average molecular weight is 225 g/mol. The third-order valence-corrected chi connectivity index (χ3v) is 1.93. The van der Waals surface area contributed by atoms with Crippen LogP contribution in [0.5, 0.6) is 0 Å². The summed E-state index contributed by atoms with van der Waals surface area (Å²) in [5.41, 5.74) is 0. The molecule has 1 aromatic rings. The molecule has 16 heavy (non-hydrogen) atoms. The number of anilines is 1. The lowest BCUT2D eigenvalue weighted by molar-refractivity contribution is -0.109. The molecule has 3 N–H and O–H groups in total.